The molecule has 0 saturated carbocycles. The molecule has 3 amide bonds. The van der Waals surface area contributed by atoms with Crippen LogP contribution in [0.15, 0.2) is 41.3 Å². The summed E-state index contributed by atoms with van der Waals surface area (Å²) in [6, 6.07) is 6.89. The smallest absolute Gasteiger partial charge is 0.266 e. The highest BCUT2D eigenvalue weighted by molar-refractivity contribution is 7.98. The highest BCUT2D eigenvalue weighted by atomic mass is 32.2. The highest BCUT2D eigenvalue weighted by Crippen LogP contribution is 2.43. The summed E-state index contributed by atoms with van der Waals surface area (Å²) in [7, 11) is 1.80. The molecular weight excluding hydrogens is 739 g/mol. The molecule has 2 aliphatic rings. The Kier molecular flexibility index (Phi) is 12.9. The van der Waals surface area contributed by atoms with Crippen molar-refractivity contribution in [2.45, 2.75) is 51.3 Å². The second-order valence-electron chi connectivity index (χ2n) is 13.4. The number of nitrogens with one attached hydrogen (secondary N) is 3. The monoisotopic (exact) mass is 789 g/mol. The Morgan fingerprint density at radius 2 is 1.73 bits per heavy atom. The van der Waals surface area contributed by atoms with Crippen molar-refractivity contribution in [1.29, 1.82) is 0 Å². The van der Waals surface area contributed by atoms with Gasteiger partial charge in [-0.15, -0.1) is 23.1 Å². The lowest BCUT2D eigenvalue weighted by Crippen LogP contribution is -2.50. The molecule has 4 heterocycles. The fourth-order valence-corrected chi connectivity index (χ4v) is 8.64. The molecule has 6 rings (SSSR count). The molecular formula is C38H51N11O4S2. The topological polar surface area (TPSA) is 189 Å². The summed E-state index contributed by atoms with van der Waals surface area (Å²) in [5.41, 5.74) is 15.8. The molecule has 1 saturated heterocycles. The number of anilines is 3. The van der Waals surface area contributed by atoms with Crippen LogP contribution in [0.4, 0.5) is 17.3 Å². The van der Waals surface area contributed by atoms with Gasteiger partial charge in [0.15, 0.2) is 6.29 Å². The fourth-order valence-electron chi connectivity index (χ4n) is 7.07. The number of hydrogen-bond donors (Lipinski definition) is 5. The zero-order valence-corrected chi connectivity index (χ0v) is 33.7. The zero-order valence-electron chi connectivity index (χ0n) is 32.1. The SMILES string of the molecule is CCc1nc(C)sc1C(=O)NC1Nc2cc(C(N)=O)cc(OCCCN3CCN(CC)CC3)c2N1C/C=C/Cn1c(NC)nc2cc(C(N)=O)cc(SC)c21. The molecule has 2 aromatic carbocycles. The van der Waals surface area contributed by atoms with Gasteiger partial charge in [0, 0.05) is 68.9 Å². The van der Waals surface area contributed by atoms with Crippen molar-refractivity contribution in [2.24, 2.45) is 11.5 Å². The number of fused-ring (bicyclic) bond motifs is 2. The molecule has 2 aromatic heterocycles. The van der Waals surface area contributed by atoms with Gasteiger partial charge in [0.05, 0.1) is 34.0 Å². The number of amides is 3. The van der Waals surface area contributed by atoms with E-state index in [1.165, 1.54) is 23.1 Å². The third kappa shape index (κ3) is 8.85. The number of aryl methyl sites for hydroxylation is 2. The van der Waals surface area contributed by atoms with Crippen LogP contribution in [0.3, 0.4) is 0 Å². The minimum atomic E-state index is -0.670. The number of primary amides is 2. The van der Waals surface area contributed by atoms with E-state index in [-0.39, 0.29) is 5.91 Å². The molecule has 15 nitrogen and oxygen atoms in total. The third-order valence-electron chi connectivity index (χ3n) is 9.94. The number of thiazole rings is 1. The summed E-state index contributed by atoms with van der Waals surface area (Å²) >= 11 is 2.88. The number of rotatable bonds is 17. The first kappa shape index (κ1) is 39.8. The van der Waals surface area contributed by atoms with E-state index in [0.717, 1.165) is 72.5 Å². The molecule has 294 valence electrons. The lowest BCUT2D eigenvalue weighted by atomic mass is 10.1. The zero-order chi connectivity index (χ0) is 39.2. The number of carbonyl (C=O) groups is 3. The Morgan fingerprint density at radius 1 is 1.02 bits per heavy atom. The molecule has 0 aliphatic carbocycles. The van der Waals surface area contributed by atoms with Gasteiger partial charge in [-0.3, -0.25) is 14.4 Å². The third-order valence-corrected chi connectivity index (χ3v) is 11.7. The second kappa shape index (κ2) is 17.7. The van der Waals surface area contributed by atoms with Gasteiger partial charge in [-0.25, -0.2) is 9.97 Å². The number of thioether (sulfide) groups is 1. The molecule has 17 heteroatoms. The Balaban J connectivity index is 1.27. The van der Waals surface area contributed by atoms with Gasteiger partial charge >= 0.3 is 0 Å². The van der Waals surface area contributed by atoms with Crippen LogP contribution in [-0.4, -0.2) is 114 Å². The van der Waals surface area contributed by atoms with Gasteiger partial charge in [-0.05, 0) is 56.8 Å². The van der Waals surface area contributed by atoms with Crippen molar-refractivity contribution in [3.05, 3.63) is 63.1 Å². The van der Waals surface area contributed by atoms with Crippen LogP contribution in [0.5, 0.6) is 5.75 Å². The van der Waals surface area contributed by atoms with Gasteiger partial charge < -0.3 is 51.4 Å². The largest absolute Gasteiger partial charge is 0.491 e. The number of likely N-dealkylation sites (N-methyl/N-ethyl adjacent to an activating group) is 1. The van der Waals surface area contributed by atoms with Crippen molar-refractivity contribution < 1.29 is 19.1 Å². The maximum Gasteiger partial charge on any atom is 0.266 e. The van der Waals surface area contributed by atoms with Crippen molar-refractivity contribution in [1.82, 2.24) is 29.7 Å². The number of hydrogen-bond acceptors (Lipinski definition) is 13. The van der Waals surface area contributed by atoms with Crippen molar-refractivity contribution >= 4 is 69.2 Å². The van der Waals surface area contributed by atoms with Crippen LogP contribution in [0, 0.1) is 6.92 Å². The minimum Gasteiger partial charge on any atom is -0.491 e. The summed E-state index contributed by atoms with van der Waals surface area (Å²) in [5, 5.41) is 10.6. The number of aromatic nitrogens is 3. The molecule has 1 unspecified atom stereocenters. The van der Waals surface area contributed by atoms with Crippen molar-refractivity contribution in [2.75, 3.05) is 81.3 Å². The average Bonchev–Trinajstić information content (AvgIpc) is 3.86. The number of nitrogens with two attached hydrogens (primary N) is 2. The molecule has 7 N–H and O–H groups in total. The average molecular weight is 790 g/mol. The molecule has 1 atom stereocenters. The van der Waals surface area contributed by atoms with Crippen LogP contribution in [0.25, 0.3) is 11.0 Å². The summed E-state index contributed by atoms with van der Waals surface area (Å²) in [6.07, 6.45) is 6.77. The predicted octanol–water partition coefficient (Wildman–Crippen LogP) is 3.93. The molecule has 0 spiro atoms. The lowest BCUT2D eigenvalue weighted by molar-refractivity contribution is 0.0942. The van der Waals surface area contributed by atoms with Gasteiger partial charge in [0.1, 0.15) is 16.3 Å². The van der Waals surface area contributed by atoms with Gasteiger partial charge in [0.2, 0.25) is 17.8 Å². The number of allylic oxidation sites excluding steroid dienone is 1. The predicted molar refractivity (Wildman–Crippen MR) is 221 cm³/mol. The summed E-state index contributed by atoms with van der Waals surface area (Å²) in [6.45, 7) is 13.5. The summed E-state index contributed by atoms with van der Waals surface area (Å²) in [4.78, 5) is 56.0. The van der Waals surface area contributed by atoms with Gasteiger partial charge in [0.25, 0.3) is 5.91 Å². The van der Waals surface area contributed by atoms with E-state index in [9.17, 15) is 14.4 Å². The molecule has 2 aliphatic heterocycles. The quantitative estimate of drug-likeness (QED) is 0.0590. The van der Waals surface area contributed by atoms with E-state index in [4.69, 9.17) is 21.2 Å². The first-order chi connectivity index (χ1) is 26.5. The van der Waals surface area contributed by atoms with Gasteiger partial charge in [-0.2, -0.15) is 0 Å². The van der Waals surface area contributed by atoms with E-state index in [1.807, 2.05) is 41.7 Å². The number of ether oxygens (including phenoxy) is 1. The number of piperazine rings is 1. The van der Waals surface area contributed by atoms with Gasteiger partial charge in [-0.1, -0.05) is 26.0 Å². The molecule has 4 aromatic rings. The first-order valence-electron chi connectivity index (χ1n) is 18.6. The van der Waals surface area contributed by atoms with E-state index in [1.54, 1.807) is 31.3 Å². The van der Waals surface area contributed by atoms with Crippen LogP contribution >= 0.6 is 23.1 Å². The normalized spacial score (nSPS) is 16.1. The lowest BCUT2D eigenvalue weighted by Gasteiger charge is -2.34. The number of benzene rings is 2. The van der Waals surface area contributed by atoms with E-state index < -0.39 is 18.1 Å². The Bertz CT molecular complexity index is 2070. The van der Waals surface area contributed by atoms with Crippen LogP contribution in [-0.2, 0) is 13.0 Å². The maximum absolute atomic E-state index is 13.8. The fraction of sp³-hybridized carbons (Fsp3) is 0.447. The Morgan fingerprint density at radius 3 is 2.40 bits per heavy atom. The maximum atomic E-state index is 13.8. The molecule has 0 radical (unpaired) electrons. The van der Waals surface area contributed by atoms with Crippen LogP contribution in [0.2, 0.25) is 0 Å². The van der Waals surface area contributed by atoms with Crippen LogP contribution in [0.1, 0.15) is 61.4 Å². The minimum absolute atomic E-state index is 0.244. The number of carbonyl (C=O) groups excluding carboxylic acids is 3. The number of nitrogens with zero attached hydrogens (tertiary/aromatic N) is 6. The summed E-state index contributed by atoms with van der Waals surface area (Å²) < 4.78 is 8.50. The molecule has 55 heavy (non-hydrogen) atoms. The first-order valence-corrected chi connectivity index (χ1v) is 20.7. The second-order valence-corrected chi connectivity index (χ2v) is 15.5. The van der Waals surface area contributed by atoms with Crippen molar-refractivity contribution in [3.8, 4) is 5.75 Å². The Hall–Kier alpha value is -4.84. The van der Waals surface area contributed by atoms with E-state index in [2.05, 4.69) is 37.7 Å². The van der Waals surface area contributed by atoms with Crippen molar-refractivity contribution in [3.63, 3.8) is 0 Å². The standard InChI is InChI=1S/C38H51N11O4S2/c1-6-26-33(55-23(3)42-26)36(52)45-38-44-27-19-24(34(39)50)21-29(53-18-10-11-47-16-14-46(7-2)15-17-47)31(27)48(38)12-8-9-13-49-32-28(43-37(49)41-4)20-25(35(40)51)22-30(32)54-5/h8-9,19-22,38,44H,6-7,10-18H2,1-5H3,(H2,39,50)(H2,40,51)(H,41,43)(H,45,52)/b9-8+. The summed E-state index contributed by atoms with van der Waals surface area (Å²) in [5.74, 6) is -0.174. The van der Waals surface area contributed by atoms with E-state index >= 15 is 0 Å². The van der Waals surface area contributed by atoms with E-state index in [0.29, 0.717) is 65.0 Å². The highest BCUT2D eigenvalue weighted by Gasteiger charge is 2.34. The van der Waals surface area contributed by atoms with Crippen LogP contribution < -0.4 is 37.1 Å². The molecule has 1 fully saturated rings. The molecule has 0 bridgehead atoms. The Labute approximate surface area is 329 Å². The number of imidazole rings is 1.